The lowest BCUT2D eigenvalue weighted by Crippen LogP contribution is -2.07. The zero-order chi connectivity index (χ0) is 13.2. The Morgan fingerprint density at radius 2 is 2.16 bits per heavy atom. The Hall–Kier alpha value is -1.13. The van der Waals surface area contributed by atoms with E-state index in [1.807, 2.05) is 29.1 Å². The number of aromatic nitrogens is 2. The van der Waals surface area contributed by atoms with Crippen molar-refractivity contribution in [1.82, 2.24) is 9.78 Å². The maximum absolute atomic E-state index is 5.64. The van der Waals surface area contributed by atoms with Gasteiger partial charge in [0.15, 0.2) is 0 Å². The molecule has 19 heavy (non-hydrogen) atoms. The number of rotatable bonds is 3. The molecule has 0 N–H and O–H groups in total. The molecule has 0 radical (unpaired) electrons. The van der Waals surface area contributed by atoms with Crippen molar-refractivity contribution in [2.75, 3.05) is 6.61 Å². The molecule has 0 spiro atoms. The summed E-state index contributed by atoms with van der Waals surface area (Å²) in [6, 6.07) is 10.2. The van der Waals surface area contributed by atoms with Crippen LogP contribution < -0.4 is 0 Å². The van der Waals surface area contributed by atoms with E-state index in [1.165, 1.54) is 5.56 Å². The number of hydrogen-bond donors (Lipinski definition) is 0. The smallest absolute Gasteiger partial charge is 0.0645 e. The van der Waals surface area contributed by atoms with Gasteiger partial charge in [-0.2, -0.15) is 5.10 Å². The van der Waals surface area contributed by atoms with Gasteiger partial charge in [-0.25, -0.2) is 4.68 Å². The Morgan fingerprint density at radius 1 is 1.37 bits per heavy atom. The highest BCUT2D eigenvalue weighted by Gasteiger charge is 2.29. The molecule has 0 amide bonds. The Labute approximate surface area is 121 Å². The zero-order valence-electron chi connectivity index (χ0n) is 10.9. The van der Waals surface area contributed by atoms with E-state index in [0.29, 0.717) is 16.8 Å². The van der Waals surface area contributed by atoms with Gasteiger partial charge in [-0.1, -0.05) is 34.1 Å². The molecule has 1 fully saturated rings. The fourth-order valence-electron chi connectivity index (χ4n) is 2.53. The summed E-state index contributed by atoms with van der Waals surface area (Å²) in [6.45, 7) is 2.96. The molecular formula is C15H17BrN2O. The second kappa shape index (κ2) is 5.47. The third kappa shape index (κ3) is 2.74. The average Bonchev–Trinajstić information content (AvgIpc) is 3.08. The summed E-state index contributed by atoms with van der Waals surface area (Å²) in [4.78, 5) is 0.315. The van der Waals surface area contributed by atoms with Crippen LogP contribution in [0.25, 0.3) is 5.69 Å². The van der Waals surface area contributed by atoms with Gasteiger partial charge in [0, 0.05) is 22.5 Å². The van der Waals surface area contributed by atoms with E-state index < -0.39 is 0 Å². The first-order chi connectivity index (χ1) is 9.24. The molecule has 2 heterocycles. The number of ether oxygens (including phenoxy) is 1. The summed E-state index contributed by atoms with van der Waals surface area (Å²) in [7, 11) is 0. The highest BCUT2D eigenvalue weighted by molar-refractivity contribution is 9.09. The molecule has 3 unspecified atom stereocenters. The number of nitrogens with zero attached hydrogens (tertiary/aromatic N) is 2. The van der Waals surface area contributed by atoms with Crippen LogP contribution in [0.2, 0.25) is 0 Å². The monoisotopic (exact) mass is 320 g/mol. The van der Waals surface area contributed by atoms with Crippen molar-refractivity contribution in [1.29, 1.82) is 0 Å². The second-order valence-corrected chi connectivity index (χ2v) is 6.08. The van der Waals surface area contributed by atoms with Crippen LogP contribution >= 0.6 is 15.9 Å². The van der Waals surface area contributed by atoms with E-state index in [4.69, 9.17) is 4.74 Å². The summed E-state index contributed by atoms with van der Waals surface area (Å²) in [5.74, 6) is 0.531. The van der Waals surface area contributed by atoms with Crippen LogP contribution in [-0.4, -0.2) is 22.5 Å². The maximum Gasteiger partial charge on any atom is 0.0645 e. The van der Waals surface area contributed by atoms with Crippen LogP contribution in [0.1, 0.15) is 23.7 Å². The SMILES string of the molecule is CC1CC(C(Br)c2cnn(-c3ccccc3)c2)CO1. The average molecular weight is 321 g/mol. The quantitative estimate of drug-likeness (QED) is 0.806. The van der Waals surface area contributed by atoms with Gasteiger partial charge in [-0.05, 0) is 25.5 Å². The second-order valence-electron chi connectivity index (χ2n) is 5.10. The lowest BCUT2D eigenvalue weighted by atomic mass is 9.99. The normalized spacial score (nSPS) is 24.5. The van der Waals surface area contributed by atoms with Crippen molar-refractivity contribution < 1.29 is 4.74 Å². The molecule has 4 heteroatoms. The molecule has 0 bridgehead atoms. The molecule has 2 aromatic rings. The molecule has 1 aliphatic heterocycles. The van der Waals surface area contributed by atoms with Crippen LogP contribution in [-0.2, 0) is 4.74 Å². The summed E-state index contributed by atoms with van der Waals surface area (Å²) in [5.41, 5.74) is 2.30. The van der Waals surface area contributed by atoms with Gasteiger partial charge < -0.3 is 4.74 Å². The predicted octanol–water partition coefficient (Wildman–Crippen LogP) is 3.73. The van der Waals surface area contributed by atoms with E-state index in [-0.39, 0.29) is 0 Å². The van der Waals surface area contributed by atoms with Crippen molar-refractivity contribution >= 4 is 15.9 Å². The molecule has 0 aliphatic carbocycles. The summed E-state index contributed by atoms with van der Waals surface area (Å²) in [5, 5.41) is 4.44. The maximum atomic E-state index is 5.64. The molecule has 1 aliphatic rings. The third-order valence-electron chi connectivity index (χ3n) is 3.59. The number of hydrogen-bond acceptors (Lipinski definition) is 2. The molecule has 3 rings (SSSR count). The van der Waals surface area contributed by atoms with Crippen LogP contribution in [0, 0.1) is 5.92 Å². The van der Waals surface area contributed by atoms with E-state index in [2.05, 4.69) is 46.3 Å². The number of benzene rings is 1. The van der Waals surface area contributed by atoms with Crippen molar-refractivity contribution in [3.8, 4) is 5.69 Å². The van der Waals surface area contributed by atoms with Crippen molar-refractivity contribution in [2.24, 2.45) is 5.92 Å². The van der Waals surface area contributed by atoms with Crippen LogP contribution in [0.15, 0.2) is 42.7 Å². The minimum atomic E-state index is 0.315. The Balaban J connectivity index is 1.78. The fraction of sp³-hybridized carbons (Fsp3) is 0.400. The van der Waals surface area contributed by atoms with Crippen molar-refractivity contribution in [3.63, 3.8) is 0 Å². The molecule has 0 saturated carbocycles. The molecule has 3 atom stereocenters. The van der Waals surface area contributed by atoms with E-state index in [9.17, 15) is 0 Å². The minimum absolute atomic E-state index is 0.315. The Kier molecular flexibility index (Phi) is 3.71. The van der Waals surface area contributed by atoms with Gasteiger partial charge in [0.2, 0.25) is 0 Å². The molecule has 3 nitrogen and oxygen atoms in total. The number of halogens is 1. The van der Waals surface area contributed by atoms with Gasteiger partial charge in [0.05, 0.1) is 24.6 Å². The van der Waals surface area contributed by atoms with E-state index in [1.54, 1.807) is 0 Å². The first kappa shape index (κ1) is 12.9. The molecule has 1 aromatic heterocycles. The molecule has 1 saturated heterocycles. The Morgan fingerprint density at radius 3 is 2.84 bits per heavy atom. The predicted molar refractivity (Wildman–Crippen MR) is 78.8 cm³/mol. The lowest BCUT2D eigenvalue weighted by molar-refractivity contribution is 0.120. The van der Waals surface area contributed by atoms with Crippen LogP contribution in [0.3, 0.4) is 0 Å². The highest BCUT2D eigenvalue weighted by atomic mass is 79.9. The van der Waals surface area contributed by atoms with Gasteiger partial charge in [-0.3, -0.25) is 0 Å². The first-order valence-electron chi connectivity index (χ1n) is 6.59. The minimum Gasteiger partial charge on any atom is -0.378 e. The standard InChI is InChI=1S/C15H17BrN2O/c1-11-7-12(10-19-11)15(16)13-8-17-18(9-13)14-5-3-2-4-6-14/h2-6,8-9,11-12,15H,7,10H2,1H3. The lowest BCUT2D eigenvalue weighted by Gasteiger charge is -2.13. The van der Waals surface area contributed by atoms with E-state index in [0.717, 1.165) is 18.7 Å². The summed E-state index contributed by atoms with van der Waals surface area (Å²) in [6.07, 6.45) is 5.51. The number of para-hydroxylation sites is 1. The highest BCUT2D eigenvalue weighted by Crippen LogP contribution is 2.37. The van der Waals surface area contributed by atoms with Crippen molar-refractivity contribution in [3.05, 3.63) is 48.3 Å². The summed E-state index contributed by atoms with van der Waals surface area (Å²) >= 11 is 3.79. The molecular weight excluding hydrogens is 304 g/mol. The summed E-state index contributed by atoms with van der Waals surface area (Å²) < 4.78 is 7.56. The van der Waals surface area contributed by atoms with E-state index >= 15 is 0 Å². The Bertz CT molecular complexity index is 540. The van der Waals surface area contributed by atoms with Gasteiger partial charge in [0.1, 0.15) is 0 Å². The zero-order valence-corrected chi connectivity index (χ0v) is 12.5. The van der Waals surface area contributed by atoms with Gasteiger partial charge in [0.25, 0.3) is 0 Å². The van der Waals surface area contributed by atoms with Gasteiger partial charge in [-0.15, -0.1) is 0 Å². The number of alkyl halides is 1. The van der Waals surface area contributed by atoms with Crippen molar-refractivity contribution in [2.45, 2.75) is 24.3 Å². The van der Waals surface area contributed by atoms with Gasteiger partial charge >= 0.3 is 0 Å². The third-order valence-corrected chi connectivity index (χ3v) is 4.86. The largest absolute Gasteiger partial charge is 0.378 e. The topological polar surface area (TPSA) is 27.1 Å². The fourth-order valence-corrected chi connectivity index (χ4v) is 3.13. The van der Waals surface area contributed by atoms with Crippen LogP contribution in [0.5, 0.6) is 0 Å². The van der Waals surface area contributed by atoms with Crippen LogP contribution in [0.4, 0.5) is 0 Å². The molecule has 1 aromatic carbocycles. The first-order valence-corrected chi connectivity index (χ1v) is 7.51. The molecule has 100 valence electrons.